The first-order chi connectivity index (χ1) is 16.7. The summed E-state index contributed by atoms with van der Waals surface area (Å²) in [6.45, 7) is 0. The Labute approximate surface area is 219 Å². The van der Waals surface area contributed by atoms with Gasteiger partial charge in [0.25, 0.3) is 0 Å². The van der Waals surface area contributed by atoms with Crippen LogP contribution in [0.2, 0.25) is 20.1 Å². The van der Waals surface area contributed by atoms with E-state index in [1.807, 2.05) is 0 Å². The Morgan fingerprint density at radius 1 is 0.857 bits per heavy atom. The lowest BCUT2D eigenvalue weighted by Crippen LogP contribution is -2.32. The normalized spacial score (nSPS) is 10.7. The molecule has 0 unspecified atom stereocenters. The van der Waals surface area contributed by atoms with Crippen molar-refractivity contribution in [1.29, 1.82) is 0 Å². The van der Waals surface area contributed by atoms with Crippen molar-refractivity contribution in [2.75, 3.05) is 12.4 Å². The summed E-state index contributed by atoms with van der Waals surface area (Å²) in [7, 11) is 1.39. The number of rotatable bonds is 6. The number of carbonyl (C=O) groups excluding carboxylic acids is 3. The Balaban J connectivity index is 1.63. The Morgan fingerprint density at radius 3 is 2.34 bits per heavy atom. The van der Waals surface area contributed by atoms with Crippen molar-refractivity contribution < 1.29 is 23.9 Å². The summed E-state index contributed by atoms with van der Waals surface area (Å²) >= 11 is 23.7. The highest BCUT2D eigenvalue weighted by molar-refractivity contribution is 6.45. The maximum Gasteiger partial charge on any atom is 0.343 e. The fourth-order valence-electron chi connectivity index (χ4n) is 2.63. The van der Waals surface area contributed by atoms with Crippen LogP contribution in [0.1, 0.15) is 15.9 Å². The van der Waals surface area contributed by atoms with E-state index in [0.29, 0.717) is 10.6 Å². The summed E-state index contributed by atoms with van der Waals surface area (Å²) in [6, 6.07) is 13.5. The van der Waals surface area contributed by atoms with E-state index in [2.05, 4.69) is 15.8 Å². The standard InChI is InChI=1S/C23H15Cl4N3O5/c1-34-19-9-12(5-8-18(19)35-23(33)13-6-7-14(24)16(26)10-13)11-28-30-22(32)21(31)29-17-4-2-3-15(25)20(17)27/h2-11H,1H3,(H,29,31)(H,30,32)/b28-11-. The molecular formula is C23H15Cl4N3O5. The molecule has 3 rings (SSSR count). The predicted octanol–water partition coefficient (Wildman–Crippen LogP) is 5.62. The molecule has 0 heterocycles. The number of esters is 1. The molecule has 0 aromatic heterocycles. The molecule has 0 aliphatic heterocycles. The maximum absolute atomic E-state index is 12.4. The van der Waals surface area contributed by atoms with Crippen molar-refractivity contribution in [3.63, 3.8) is 0 Å². The number of anilines is 1. The molecule has 0 atom stereocenters. The lowest BCUT2D eigenvalue weighted by molar-refractivity contribution is -0.136. The average Bonchev–Trinajstić information content (AvgIpc) is 2.84. The lowest BCUT2D eigenvalue weighted by atomic mass is 10.2. The van der Waals surface area contributed by atoms with E-state index >= 15 is 0 Å². The fraction of sp³-hybridized carbons (Fsp3) is 0.0435. The minimum Gasteiger partial charge on any atom is -0.493 e. The van der Waals surface area contributed by atoms with Gasteiger partial charge in [-0.2, -0.15) is 5.10 Å². The number of hydrogen-bond donors (Lipinski definition) is 2. The molecule has 8 nitrogen and oxygen atoms in total. The third-order valence-electron chi connectivity index (χ3n) is 4.33. The molecule has 3 aromatic rings. The van der Waals surface area contributed by atoms with Crippen molar-refractivity contribution in [3.8, 4) is 11.5 Å². The van der Waals surface area contributed by atoms with Gasteiger partial charge >= 0.3 is 17.8 Å². The van der Waals surface area contributed by atoms with Gasteiger partial charge in [0.1, 0.15) is 0 Å². The van der Waals surface area contributed by atoms with Crippen LogP contribution < -0.4 is 20.2 Å². The van der Waals surface area contributed by atoms with Crippen molar-refractivity contribution in [1.82, 2.24) is 5.43 Å². The van der Waals surface area contributed by atoms with E-state index in [9.17, 15) is 14.4 Å². The highest BCUT2D eigenvalue weighted by Crippen LogP contribution is 2.30. The number of methoxy groups -OCH3 is 1. The van der Waals surface area contributed by atoms with Crippen molar-refractivity contribution in [3.05, 3.63) is 85.8 Å². The second kappa shape index (κ2) is 11.9. The molecule has 0 fully saturated rings. The molecule has 180 valence electrons. The zero-order chi connectivity index (χ0) is 25.5. The molecule has 0 saturated carbocycles. The summed E-state index contributed by atoms with van der Waals surface area (Å²) < 4.78 is 10.6. The average molecular weight is 555 g/mol. The summed E-state index contributed by atoms with van der Waals surface area (Å²) in [4.78, 5) is 36.4. The van der Waals surface area contributed by atoms with E-state index in [-0.39, 0.29) is 37.8 Å². The van der Waals surface area contributed by atoms with E-state index < -0.39 is 17.8 Å². The minimum absolute atomic E-state index is 0.103. The number of hydrogen-bond acceptors (Lipinski definition) is 6. The van der Waals surface area contributed by atoms with E-state index in [0.717, 1.165) is 0 Å². The topological polar surface area (TPSA) is 106 Å². The molecule has 0 saturated heterocycles. The van der Waals surface area contributed by atoms with Gasteiger partial charge in [-0.15, -0.1) is 0 Å². The molecule has 0 aliphatic carbocycles. The Morgan fingerprint density at radius 2 is 1.63 bits per heavy atom. The van der Waals surface area contributed by atoms with Crippen LogP contribution in [0.15, 0.2) is 59.7 Å². The van der Waals surface area contributed by atoms with E-state index in [1.54, 1.807) is 12.1 Å². The maximum atomic E-state index is 12.4. The predicted molar refractivity (Wildman–Crippen MR) is 135 cm³/mol. The summed E-state index contributed by atoms with van der Waals surface area (Å²) in [5.41, 5.74) is 2.96. The molecule has 3 aromatic carbocycles. The molecule has 2 N–H and O–H groups in total. The third kappa shape index (κ3) is 6.86. The minimum atomic E-state index is -1.03. The largest absolute Gasteiger partial charge is 0.493 e. The number of benzene rings is 3. The fourth-order valence-corrected chi connectivity index (χ4v) is 3.27. The van der Waals surface area contributed by atoms with E-state index in [4.69, 9.17) is 55.9 Å². The second-order valence-corrected chi connectivity index (χ2v) is 8.28. The number of halogens is 4. The van der Waals surface area contributed by atoms with Crippen LogP contribution in [-0.2, 0) is 9.59 Å². The van der Waals surface area contributed by atoms with Gasteiger partial charge < -0.3 is 14.8 Å². The number of nitrogens with one attached hydrogen (secondary N) is 2. The van der Waals surface area contributed by atoms with Crippen LogP contribution in [0.25, 0.3) is 0 Å². The smallest absolute Gasteiger partial charge is 0.343 e. The summed E-state index contributed by atoms with van der Waals surface area (Å²) in [5, 5.41) is 6.93. The molecule has 0 spiro atoms. The number of amides is 2. The summed E-state index contributed by atoms with van der Waals surface area (Å²) in [6.07, 6.45) is 1.27. The van der Waals surface area contributed by atoms with E-state index in [1.165, 1.54) is 55.8 Å². The van der Waals surface area contributed by atoms with Crippen molar-refractivity contribution in [2.45, 2.75) is 0 Å². The highest BCUT2D eigenvalue weighted by atomic mass is 35.5. The summed E-state index contributed by atoms with van der Waals surface area (Å²) in [5.74, 6) is -2.32. The van der Waals surface area contributed by atoms with Crippen molar-refractivity contribution >= 4 is 76.1 Å². The zero-order valence-electron chi connectivity index (χ0n) is 17.8. The van der Waals surface area contributed by atoms with Crippen LogP contribution in [0.5, 0.6) is 11.5 Å². The monoisotopic (exact) mass is 553 g/mol. The Bertz CT molecular complexity index is 1330. The van der Waals surface area contributed by atoms with Crippen LogP contribution in [-0.4, -0.2) is 31.1 Å². The SMILES string of the molecule is COc1cc(/C=N\NC(=O)C(=O)Nc2cccc(Cl)c2Cl)ccc1OC(=O)c1ccc(Cl)c(Cl)c1. The van der Waals surface area contributed by atoms with Gasteiger partial charge in [-0.3, -0.25) is 9.59 Å². The van der Waals surface area contributed by atoms with Gasteiger partial charge in [0.05, 0.1) is 44.7 Å². The molecule has 12 heteroatoms. The zero-order valence-corrected chi connectivity index (χ0v) is 20.8. The quantitative estimate of drug-likeness (QED) is 0.135. The van der Waals surface area contributed by atoms with Crippen LogP contribution in [0.3, 0.4) is 0 Å². The van der Waals surface area contributed by atoms with Crippen LogP contribution >= 0.6 is 46.4 Å². The molecule has 0 radical (unpaired) electrons. The lowest BCUT2D eigenvalue weighted by Gasteiger charge is -2.10. The first-order valence-electron chi connectivity index (χ1n) is 9.63. The molecular weight excluding hydrogens is 540 g/mol. The number of ether oxygens (including phenoxy) is 2. The molecule has 2 amide bonds. The van der Waals surface area contributed by atoms with Gasteiger partial charge in [0.15, 0.2) is 11.5 Å². The number of hydrazone groups is 1. The number of carbonyl (C=O) groups is 3. The van der Waals surface area contributed by atoms with Gasteiger partial charge in [0, 0.05) is 0 Å². The highest BCUT2D eigenvalue weighted by Gasteiger charge is 2.16. The Kier molecular flexibility index (Phi) is 8.95. The Hall–Kier alpha value is -3.30. The molecule has 0 bridgehead atoms. The number of nitrogens with zero attached hydrogens (tertiary/aromatic N) is 1. The third-order valence-corrected chi connectivity index (χ3v) is 5.89. The first-order valence-corrected chi connectivity index (χ1v) is 11.1. The van der Waals surface area contributed by atoms with Gasteiger partial charge in [0.2, 0.25) is 0 Å². The molecule has 35 heavy (non-hydrogen) atoms. The van der Waals surface area contributed by atoms with Crippen LogP contribution in [0, 0.1) is 0 Å². The van der Waals surface area contributed by atoms with Crippen LogP contribution in [0.4, 0.5) is 5.69 Å². The molecule has 0 aliphatic rings. The second-order valence-electron chi connectivity index (χ2n) is 6.68. The van der Waals surface area contributed by atoms with Gasteiger partial charge in [-0.1, -0.05) is 52.5 Å². The van der Waals surface area contributed by atoms with Gasteiger partial charge in [-0.05, 0) is 54.1 Å². The van der Waals surface area contributed by atoms with Crippen molar-refractivity contribution in [2.24, 2.45) is 5.10 Å². The first kappa shape index (κ1) is 26.3. The van der Waals surface area contributed by atoms with Gasteiger partial charge in [-0.25, -0.2) is 10.2 Å².